The quantitative estimate of drug-likeness (QED) is 0.755. The van der Waals surface area contributed by atoms with Crippen molar-refractivity contribution in [2.24, 2.45) is 11.5 Å². The summed E-state index contributed by atoms with van der Waals surface area (Å²) in [6.07, 6.45) is 1.41. The number of carbonyl (C=O) groups is 4. The minimum Gasteiger partial charge on any atom is -0.462 e. The Balaban J connectivity index is 0.000000209. The molecule has 0 atom stereocenters. The Hall–Kier alpha value is -3.68. The Morgan fingerprint density at radius 3 is 1.25 bits per heavy atom. The molecule has 0 spiro atoms. The van der Waals surface area contributed by atoms with E-state index in [9.17, 15) is 19.2 Å². The number of amides is 2. The van der Waals surface area contributed by atoms with Gasteiger partial charge in [-0.3, -0.25) is 9.59 Å². The fourth-order valence-electron chi connectivity index (χ4n) is 2.24. The first-order chi connectivity index (χ1) is 13.4. The summed E-state index contributed by atoms with van der Waals surface area (Å²) in [7, 11) is 0. The van der Waals surface area contributed by atoms with Gasteiger partial charge in [0.1, 0.15) is 0 Å². The van der Waals surface area contributed by atoms with Crippen molar-refractivity contribution in [2.75, 3.05) is 13.2 Å². The second-order valence-corrected chi connectivity index (χ2v) is 5.86. The van der Waals surface area contributed by atoms with E-state index in [0.717, 1.165) is 0 Å². The molecule has 2 amide bonds. The lowest BCUT2D eigenvalue weighted by molar-refractivity contribution is 0.0427. The fourth-order valence-corrected chi connectivity index (χ4v) is 2.24. The van der Waals surface area contributed by atoms with E-state index in [-0.39, 0.29) is 11.9 Å². The van der Waals surface area contributed by atoms with Crippen molar-refractivity contribution in [3.05, 3.63) is 70.8 Å². The predicted molar refractivity (Wildman–Crippen MR) is 99.7 cm³/mol. The highest BCUT2D eigenvalue weighted by atomic mass is 16.5. The fraction of sp³-hybridized carbons (Fsp3) is 0.200. The molecule has 2 heterocycles. The van der Waals surface area contributed by atoms with Gasteiger partial charge in [-0.05, 0) is 61.4 Å². The SMILES string of the molecule is NC(=O)c1ccc(C(N)=O)cc1.O=C1OCCCCOC(=O)c2ccc1cc2. The molecule has 0 saturated carbocycles. The molecule has 0 saturated heterocycles. The molecular weight excluding hydrogens is 364 g/mol. The van der Waals surface area contributed by atoms with Crippen LogP contribution in [0.4, 0.5) is 0 Å². The van der Waals surface area contributed by atoms with E-state index in [4.69, 9.17) is 20.9 Å². The van der Waals surface area contributed by atoms with E-state index in [1.165, 1.54) is 24.3 Å². The zero-order chi connectivity index (χ0) is 20.5. The summed E-state index contributed by atoms with van der Waals surface area (Å²) < 4.78 is 10.1. The van der Waals surface area contributed by atoms with Crippen LogP contribution in [-0.2, 0) is 9.47 Å². The molecule has 28 heavy (non-hydrogen) atoms. The van der Waals surface area contributed by atoms with Crippen molar-refractivity contribution in [3.8, 4) is 0 Å². The molecule has 146 valence electrons. The Kier molecular flexibility index (Phi) is 7.27. The average molecular weight is 384 g/mol. The molecule has 2 aromatic carbocycles. The lowest BCUT2D eigenvalue weighted by atomic mass is 10.1. The van der Waals surface area contributed by atoms with E-state index in [0.29, 0.717) is 48.3 Å². The first-order valence-corrected chi connectivity index (χ1v) is 8.52. The van der Waals surface area contributed by atoms with Crippen LogP contribution in [0.5, 0.6) is 0 Å². The molecular formula is C20H20N2O6. The minimum atomic E-state index is -0.522. The topological polar surface area (TPSA) is 139 Å². The van der Waals surface area contributed by atoms with Crippen LogP contribution in [0.1, 0.15) is 54.3 Å². The third-order valence-corrected chi connectivity index (χ3v) is 3.82. The Morgan fingerprint density at radius 2 is 0.964 bits per heavy atom. The van der Waals surface area contributed by atoms with Crippen molar-refractivity contribution in [3.63, 3.8) is 0 Å². The van der Waals surface area contributed by atoms with Crippen LogP contribution in [0.25, 0.3) is 0 Å². The molecule has 0 unspecified atom stereocenters. The number of rotatable bonds is 2. The van der Waals surface area contributed by atoms with Crippen LogP contribution >= 0.6 is 0 Å². The van der Waals surface area contributed by atoms with Gasteiger partial charge in [0.15, 0.2) is 0 Å². The Labute approximate surface area is 161 Å². The largest absolute Gasteiger partial charge is 0.462 e. The zero-order valence-corrected chi connectivity index (χ0v) is 15.1. The molecule has 8 nitrogen and oxygen atoms in total. The summed E-state index contributed by atoms with van der Waals surface area (Å²) in [4.78, 5) is 44.1. The van der Waals surface area contributed by atoms with Gasteiger partial charge in [0.2, 0.25) is 11.8 Å². The maximum absolute atomic E-state index is 11.5. The van der Waals surface area contributed by atoms with Crippen molar-refractivity contribution in [2.45, 2.75) is 12.8 Å². The van der Waals surface area contributed by atoms with E-state index in [1.807, 2.05) is 0 Å². The Morgan fingerprint density at radius 1 is 0.643 bits per heavy atom. The second-order valence-electron chi connectivity index (χ2n) is 5.86. The van der Waals surface area contributed by atoms with E-state index in [2.05, 4.69) is 0 Å². The van der Waals surface area contributed by atoms with E-state index in [1.54, 1.807) is 24.3 Å². The smallest absolute Gasteiger partial charge is 0.338 e. The summed E-state index contributed by atoms with van der Waals surface area (Å²) in [5.41, 5.74) is 11.6. The maximum atomic E-state index is 11.5. The normalized spacial score (nSPS) is 13.7. The van der Waals surface area contributed by atoms with Gasteiger partial charge in [0.05, 0.1) is 24.3 Å². The molecule has 2 aromatic rings. The molecule has 2 aliphatic rings. The van der Waals surface area contributed by atoms with Crippen LogP contribution in [0, 0.1) is 0 Å². The summed E-state index contributed by atoms with van der Waals surface area (Å²) in [5, 5.41) is 0. The number of nitrogens with two attached hydrogens (primary N) is 2. The molecule has 0 aromatic heterocycles. The van der Waals surface area contributed by atoms with Crippen LogP contribution in [-0.4, -0.2) is 37.0 Å². The zero-order valence-electron chi connectivity index (χ0n) is 15.1. The monoisotopic (exact) mass is 384 g/mol. The summed E-state index contributed by atoms with van der Waals surface area (Å²) in [6.45, 7) is 0.719. The number of esters is 2. The van der Waals surface area contributed by atoms with Crippen LogP contribution in [0.15, 0.2) is 48.5 Å². The molecule has 0 radical (unpaired) electrons. The minimum absolute atomic E-state index is 0.347. The molecule has 4 N–H and O–H groups in total. The first-order valence-electron chi connectivity index (χ1n) is 8.52. The highest BCUT2D eigenvalue weighted by Gasteiger charge is 2.12. The molecule has 0 fully saturated rings. The van der Waals surface area contributed by atoms with Gasteiger partial charge in [0, 0.05) is 11.1 Å². The lowest BCUT2D eigenvalue weighted by Crippen LogP contribution is -2.13. The number of hydrogen-bond acceptors (Lipinski definition) is 6. The number of ether oxygens (including phenoxy) is 2. The number of primary amides is 2. The summed E-state index contributed by atoms with van der Waals surface area (Å²) >= 11 is 0. The van der Waals surface area contributed by atoms with Crippen molar-refractivity contribution in [1.82, 2.24) is 0 Å². The van der Waals surface area contributed by atoms with Gasteiger partial charge in [-0.15, -0.1) is 0 Å². The molecule has 4 rings (SSSR count). The number of carbonyl (C=O) groups excluding carboxylic acids is 4. The predicted octanol–water partition coefficient (Wildman–Crippen LogP) is 1.68. The van der Waals surface area contributed by atoms with Crippen LogP contribution in [0.3, 0.4) is 0 Å². The summed E-state index contributed by atoms with van der Waals surface area (Å²) in [5.74, 6) is -1.74. The van der Waals surface area contributed by atoms with E-state index < -0.39 is 11.8 Å². The van der Waals surface area contributed by atoms with Gasteiger partial charge in [0.25, 0.3) is 0 Å². The van der Waals surface area contributed by atoms with Crippen molar-refractivity contribution in [1.29, 1.82) is 0 Å². The average Bonchev–Trinajstić information content (AvgIpc) is 2.70. The molecule has 0 aliphatic carbocycles. The van der Waals surface area contributed by atoms with Crippen LogP contribution < -0.4 is 11.5 Å². The van der Waals surface area contributed by atoms with E-state index >= 15 is 0 Å². The highest BCUT2D eigenvalue weighted by molar-refractivity contribution is 5.96. The lowest BCUT2D eigenvalue weighted by Gasteiger charge is -2.09. The highest BCUT2D eigenvalue weighted by Crippen LogP contribution is 2.09. The van der Waals surface area contributed by atoms with Gasteiger partial charge < -0.3 is 20.9 Å². The first kappa shape index (κ1) is 20.6. The number of fused-ring (bicyclic) bond motifs is 9. The maximum Gasteiger partial charge on any atom is 0.338 e. The van der Waals surface area contributed by atoms with Crippen molar-refractivity contribution >= 4 is 23.8 Å². The third kappa shape index (κ3) is 5.94. The van der Waals surface area contributed by atoms with Crippen LogP contribution in [0.2, 0.25) is 0 Å². The van der Waals surface area contributed by atoms with Gasteiger partial charge in [-0.25, -0.2) is 9.59 Å². The summed E-state index contributed by atoms with van der Waals surface area (Å²) in [6, 6.07) is 12.1. The van der Waals surface area contributed by atoms with Crippen molar-refractivity contribution < 1.29 is 28.7 Å². The number of benzene rings is 2. The Bertz CT molecular complexity index is 787. The molecule has 8 heteroatoms. The molecule has 2 bridgehead atoms. The standard InChI is InChI=1S/C12H12O4.C8H8N2O2/c13-11-9-3-5-10(6-4-9)12(14)16-8-2-1-7-15-11;9-7(11)5-1-2-6(4-3-5)8(10)12/h3-6H,1-2,7-8H2;1-4H,(H2,9,11)(H2,10,12). The van der Waals surface area contributed by atoms with Gasteiger partial charge in [-0.2, -0.15) is 0 Å². The second kappa shape index (κ2) is 9.86. The van der Waals surface area contributed by atoms with Gasteiger partial charge in [-0.1, -0.05) is 0 Å². The molecule has 2 aliphatic heterocycles. The third-order valence-electron chi connectivity index (χ3n) is 3.82. The number of hydrogen-bond donors (Lipinski definition) is 2. The van der Waals surface area contributed by atoms with Gasteiger partial charge >= 0.3 is 11.9 Å².